The first kappa shape index (κ1) is 15.6. The Labute approximate surface area is 124 Å². The zero-order valence-corrected chi connectivity index (χ0v) is 12.8. The van der Waals surface area contributed by atoms with Crippen LogP contribution in [0.4, 0.5) is 0 Å². The van der Waals surface area contributed by atoms with E-state index in [4.69, 9.17) is 9.84 Å². The van der Waals surface area contributed by atoms with Gasteiger partial charge in [0.15, 0.2) is 0 Å². The highest BCUT2D eigenvalue weighted by Crippen LogP contribution is 2.42. The molecule has 0 radical (unpaired) electrons. The summed E-state index contributed by atoms with van der Waals surface area (Å²) < 4.78 is 5.91. The molecule has 1 unspecified atom stereocenters. The van der Waals surface area contributed by atoms with Crippen LogP contribution < -0.4 is 10.1 Å². The Kier molecular flexibility index (Phi) is 4.73. The van der Waals surface area contributed by atoms with Crippen LogP contribution in [0.3, 0.4) is 0 Å². The van der Waals surface area contributed by atoms with E-state index in [1.807, 2.05) is 20.8 Å². The Morgan fingerprint density at radius 3 is 2.67 bits per heavy atom. The van der Waals surface area contributed by atoms with E-state index >= 15 is 0 Å². The van der Waals surface area contributed by atoms with E-state index in [0.717, 1.165) is 28.0 Å². The molecule has 1 heterocycles. The molecule has 1 aliphatic heterocycles. The van der Waals surface area contributed by atoms with Crippen LogP contribution in [0.5, 0.6) is 11.5 Å². The maximum absolute atomic E-state index is 11.8. The van der Waals surface area contributed by atoms with E-state index in [1.54, 1.807) is 0 Å². The minimum atomic E-state index is -0.187. The third-order valence-corrected chi connectivity index (χ3v) is 4.13. The van der Waals surface area contributed by atoms with Gasteiger partial charge in [-0.1, -0.05) is 0 Å². The molecule has 5 heteroatoms. The first-order valence-corrected chi connectivity index (χ1v) is 7.31. The number of benzene rings is 1. The van der Waals surface area contributed by atoms with Crippen molar-refractivity contribution in [2.24, 2.45) is 0 Å². The Balaban J connectivity index is 2.05. The van der Waals surface area contributed by atoms with Crippen LogP contribution in [0.15, 0.2) is 0 Å². The standard InChI is InChI=1S/C16H23NO4/c1-9-10(2)16-13(11(3)15(9)20)7-12(21-16)8-14(19)17-5-4-6-18/h12,18,20H,4-8H2,1-3H3,(H,17,19). The van der Waals surface area contributed by atoms with E-state index in [1.165, 1.54) is 0 Å². The number of aromatic hydroxyl groups is 1. The zero-order valence-electron chi connectivity index (χ0n) is 12.8. The number of phenolic OH excluding ortho intramolecular Hbond substituents is 1. The molecular weight excluding hydrogens is 270 g/mol. The van der Waals surface area contributed by atoms with E-state index in [2.05, 4.69) is 5.32 Å². The predicted molar refractivity (Wildman–Crippen MR) is 79.8 cm³/mol. The average molecular weight is 293 g/mol. The Morgan fingerprint density at radius 1 is 1.29 bits per heavy atom. The molecule has 1 aliphatic rings. The van der Waals surface area contributed by atoms with Crippen LogP contribution in [-0.2, 0) is 11.2 Å². The molecule has 21 heavy (non-hydrogen) atoms. The van der Waals surface area contributed by atoms with Crippen LogP contribution in [0.25, 0.3) is 0 Å². The fourth-order valence-electron chi connectivity index (χ4n) is 2.71. The third-order valence-electron chi connectivity index (χ3n) is 4.13. The van der Waals surface area contributed by atoms with Crippen molar-refractivity contribution in [3.8, 4) is 11.5 Å². The number of carbonyl (C=O) groups is 1. The second-order valence-electron chi connectivity index (χ2n) is 5.61. The van der Waals surface area contributed by atoms with Crippen LogP contribution in [0.2, 0.25) is 0 Å². The second kappa shape index (κ2) is 6.35. The van der Waals surface area contributed by atoms with Gasteiger partial charge in [-0.2, -0.15) is 0 Å². The number of nitrogens with one attached hydrogen (secondary N) is 1. The van der Waals surface area contributed by atoms with Crippen molar-refractivity contribution in [3.05, 3.63) is 22.3 Å². The lowest BCUT2D eigenvalue weighted by Crippen LogP contribution is -2.30. The van der Waals surface area contributed by atoms with Gasteiger partial charge in [0.2, 0.25) is 5.91 Å². The normalized spacial score (nSPS) is 16.5. The van der Waals surface area contributed by atoms with Crippen LogP contribution in [0, 0.1) is 20.8 Å². The van der Waals surface area contributed by atoms with Crippen molar-refractivity contribution in [1.29, 1.82) is 0 Å². The molecule has 116 valence electrons. The summed E-state index contributed by atoms with van der Waals surface area (Å²) in [6.07, 6.45) is 1.30. The molecule has 3 N–H and O–H groups in total. The minimum absolute atomic E-state index is 0.0718. The van der Waals surface area contributed by atoms with Gasteiger partial charge in [0.1, 0.15) is 17.6 Å². The molecule has 0 saturated heterocycles. The van der Waals surface area contributed by atoms with Gasteiger partial charge < -0.3 is 20.3 Å². The molecule has 5 nitrogen and oxygen atoms in total. The van der Waals surface area contributed by atoms with Gasteiger partial charge in [0.25, 0.3) is 0 Å². The molecule has 0 fully saturated rings. The number of rotatable bonds is 5. The summed E-state index contributed by atoms with van der Waals surface area (Å²) in [6, 6.07) is 0. The van der Waals surface area contributed by atoms with Gasteiger partial charge in [-0.05, 0) is 43.9 Å². The average Bonchev–Trinajstić information content (AvgIpc) is 2.87. The lowest BCUT2D eigenvalue weighted by Gasteiger charge is -2.13. The summed E-state index contributed by atoms with van der Waals surface area (Å²) in [4.78, 5) is 11.8. The molecule has 0 spiro atoms. The summed E-state index contributed by atoms with van der Waals surface area (Å²) in [6.45, 7) is 6.23. The van der Waals surface area contributed by atoms with Crippen molar-refractivity contribution in [2.45, 2.75) is 46.1 Å². The largest absolute Gasteiger partial charge is 0.507 e. The maximum Gasteiger partial charge on any atom is 0.223 e. The van der Waals surface area contributed by atoms with Gasteiger partial charge in [0, 0.05) is 25.1 Å². The smallest absolute Gasteiger partial charge is 0.223 e. The third kappa shape index (κ3) is 3.13. The molecule has 1 atom stereocenters. The summed E-state index contributed by atoms with van der Waals surface area (Å²) in [5.74, 6) is 1.07. The Morgan fingerprint density at radius 2 is 2.00 bits per heavy atom. The van der Waals surface area contributed by atoms with Gasteiger partial charge in [-0.3, -0.25) is 4.79 Å². The number of aliphatic hydroxyl groups excluding tert-OH is 1. The van der Waals surface area contributed by atoms with Gasteiger partial charge in [-0.15, -0.1) is 0 Å². The summed E-state index contributed by atoms with van der Waals surface area (Å²) in [5.41, 5.74) is 3.62. The molecule has 2 rings (SSSR count). The van der Waals surface area contributed by atoms with Crippen molar-refractivity contribution in [3.63, 3.8) is 0 Å². The quantitative estimate of drug-likeness (QED) is 0.719. The highest BCUT2D eigenvalue weighted by molar-refractivity contribution is 5.76. The highest BCUT2D eigenvalue weighted by Gasteiger charge is 2.30. The van der Waals surface area contributed by atoms with Gasteiger partial charge in [0.05, 0.1) is 6.42 Å². The van der Waals surface area contributed by atoms with Crippen molar-refractivity contribution >= 4 is 5.91 Å². The number of phenols is 1. The fourth-order valence-corrected chi connectivity index (χ4v) is 2.71. The number of amides is 1. The number of hydrogen-bond acceptors (Lipinski definition) is 4. The SMILES string of the molecule is Cc1c(C)c2c(c(C)c1O)CC(CC(=O)NCCCO)O2. The second-order valence-corrected chi connectivity index (χ2v) is 5.61. The van der Waals surface area contributed by atoms with Crippen molar-refractivity contribution in [2.75, 3.05) is 13.2 Å². The summed E-state index contributed by atoms with van der Waals surface area (Å²) >= 11 is 0. The van der Waals surface area contributed by atoms with Crippen LogP contribution >= 0.6 is 0 Å². The molecule has 0 bridgehead atoms. The maximum atomic E-state index is 11.8. The van der Waals surface area contributed by atoms with Gasteiger partial charge in [-0.25, -0.2) is 0 Å². The van der Waals surface area contributed by atoms with E-state index in [-0.39, 0.29) is 18.6 Å². The molecule has 0 saturated carbocycles. The number of fused-ring (bicyclic) bond motifs is 1. The van der Waals surface area contributed by atoms with Gasteiger partial charge >= 0.3 is 0 Å². The highest BCUT2D eigenvalue weighted by atomic mass is 16.5. The lowest BCUT2D eigenvalue weighted by atomic mass is 9.95. The molecule has 1 aromatic rings. The topological polar surface area (TPSA) is 78.8 Å². The number of aliphatic hydroxyl groups is 1. The van der Waals surface area contributed by atoms with E-state index in [9.17, 15) is 9.90 Å². The lowest BCUT2D eigenvalue weighted by molar-refractivity contribution is -0.122. The Hall–Kier alpha value is -1.75. The van der Waals surface area contributed by atoms with Crippen molar-refractivity contribution < 1.29 is 19.7 Å². The Bertz CT molecular complexity index is 517. The zero-order chi connectivity index (χ0) is 15.6. The minimum Gasteiger partial charge on any atom is -0.507 e. The molecular formula is C16H23NO4. The predicted octanol–water partition coefficient (Wildman–Crippen LogP) is 1.51. The fraction of sp³-hybridized carbons (Fsp3) is 0.562. The molecule has 0 aromatic heterocycles. The van der Waals surface area contributed by atoms with E-state index in [0.29, 0.717) is 31.6 Å². The number of ether oxygens (including phenoxy) is 1. The summed E-state index contributed by atoms with van der Waals surface area (Å²) in [5, 5.41) is 21.6. The van der Waals surface area contributed by atoms with Crippen LogP contribution in [0.1, 0.15) is 35.1 Å². The molecule has 1 amide bonds. The number of carbonyl (C=O) groups excluding carboxylic acids is 1. The number of hydrogen-bond donors (Lipinski definition) is 3. The summed E-state index contributed by atoms with van der Waals surface area (Å²) in [7, 11) is 0. The monoisotopic (exact) mass is 293 g/mol. The van der Waals surface area contributed by atoms with E-state index < -0.39 is 0 Å². The van der Waals surface area contributed by atoms with Crippen molar-refractivity contribution in [1.82, 2.24) is 5.32 Å². The molecule has 1 aromatic carbocycles. The first-order chi connectivity index (χ1) is 9.95. The first-order valence-electron chi connectivity index (χ1n) is 7.31. The molecule has 0 aliphatic carbocycles. The van der Waals surface area contributed by atoms with Crippen LogP contribution in [-0.4, -0.2) is 35.4 Å².